The number of anilines is 4. The van der Waals surface area contributed by atoms with Crippen molar-refractivity contribution in [3.63, 3.8) is 0 Å². The highest BCUT2D eigenvalue weighted by Crippen LogP contribution is 2.32. The number of aromatic nitrogens is 3. The summed E-state index contributed by atoms with van der Waals surface area (Å²) >= 11 is 1.60. The van der Waals surface area contributed by atoms with E-state index < -0.39 is 0 Å². The number of pyridine rings is 1. The van der Waals surface area contributed by atoms with Crippen LogP contribution in [0.3, 0.4) is 0 Å². The minimum atomic E-state index is -0.182. The number of fused-ring (bicyclic) bond motifs is 1. The SMILES string of the molecule is Cc1c(NC(=O)c2cc3c(s2)CCCC3)cccc1-c1cc(Nc2ccc(N3CCN(CCO)CC3)nn2)c(=O)n(C)c1. The molecule has 0 unspecified atom stereocenters. The molecule has 4 heterocycles. The number of carbonyl (C=O) groups is 1. The number of benzene rings is 1. The first-order valence-electron chi connectivity index (χ1n) is 14.8. The maximum Gasteiger partial charge on any atom is 0.274 e. The number of nitrogens with zero attached hydrogens (tertiary/aromatic N) is 5. The Balaban J connectivity index is 1.19. The van der Waals surface area contributed by atoms with Crippen LogP contribution in [0.4, 0.5) is 23.0 Å². The second kappa shape index (κ2) is 12.7. The molecule has 0 atom stereocenters. The topological polar surface area (TPSA) is 116 Å². The molecular weight excluding hydrogens is 562 g/mol. The number of hydrogen-bond donors (Lipinski definition) is 3. The number of carbonyl (C=O) groups excluding carboxylic acids is 1. The number of hydrogen-bond acceptors (Lipinski definition) is 9. The molecule has 6 rings (SSSR count). The Kier molecular flexibility index (Phi) is 8.55. The van der Waals surface area contributed by atoms with Gasteiger partial charge in [0.25, 0.3) is 11.5 Å². The first kappa shape index (κ1) is 29.0. The molecule has 224 valence electrons. The predicted molar refractivity (Wildman–Crippen MR) is 172 cm³/mol. The Morgan fingerprint density at radius 1 is 1.02 bits per heavy atom. The highest BCUT2D eigenvalue weighted by atomic mass is 32.1. The predicted octanol–water partition coefficient (Wildman–Crippen LogP) is 4.20. The van der Waals surface area contributed by atoms with Gasteiger partial charge in [-0.3, -0.25) is 14.5 Å². The molecule has 0 saturated carbocycles. The van der Waals surface area contributed by atoms with Gasteiger partial charge in [0, 0.05) is 62.1 Å². The zero-order valence-corrected chi connectivity index (χ0v) is 25.4. The quantitative estimate of drug-likeness (QED) is 0.276. The van der Waals surface area contributed by atoms with Crippen LogP contribution in [0, 0.1) is 6.92 Å². The molecular formula is C32H37N7O3S. The Hall–Kier alpha value is -4.06. The molecule has 11 heteroatoms. The number of aliphatic hydroxyl groups excluding tert-OH is 1. The summed E-state index contributed by atoms with van der Waals surface area (Å²) in [6, 6.07) is 13.4. The molecule has 0 radical (unpaired) electrons. The van der Waals surface area contributed by atoms with Gasteiger partial charge >= 0.3 is 0 Å². The Bertz CT molecular complexity index is 1650. The number of aliphatic hydroxyl groups is 1. The zero-order valence-electron chi connectivity index (χ0n) is 24.6. The lowest BCUT2D eigenvalue weighted by Gasteiger charge is -2.34. The number of β-amino-alcohol motifs (C(OH)–C–C–N with tert-alkyl or cyclic N) is 1. The molecule has 3 aromatic heterocycles. The van der Waals surface area contributed by atoms with E-state index in [4.69, 9.17) is 5.11 Å². The summed E-state index contributed by atoms with van der Waals surface area (Å²) in [7, 11) is 1.72. The van der Waals surface area contributed by atoms with Gasteiger partial charge in [-0.2, -0.15) is 0 Å². The van der Waals surface area contributed by atoms with Crippen molar-refractivity contribution in [1.29, 1.82) is 0 Å². The number of nitrogens with one attached hydrogen (secondary N) is 2. The summed E-state index contributed by atoms with van der Waals surface area (Å²) in [5, 5.41) is 24.2. The maximum atomic E-state index is 13.2. The summed E-state index contributed by atoms with van der Waals surface area (Å²) in [6.07, 6.45) is 6.29. The van der Waals surface area contributed by atoms with E-state index in [0.29, 0.717) is 18.1 Å². The molecule has 0 bridgehead atoms. The molecule has 1 amide bonds. The number of thiophene rings is 1. The fourth-order valence-corrected chi connectivity index (χ4v) is 7.01. The van der Waals surface area contributed by atoms with E-state index in [2.05, 4.69) is 30.6 Å². The van der Waals surface area contributed by atoms with Crippen molar-refractivity contribution >= 4 is 40.3 Å². The number of aryl methyl sites for hydroxylation is 3. The lowest BCUT2D eigenvalue weighted by atomic mass is 9.99. The maximum absolute atomic E-state index is 13.2. The van der Waals surface area contributed by atoms with Crippen LogP contribution in [-0.4, -0.2) is 70.0 Å². The molecule has 1 saturated heterocycles. The van der Waals surface area contributed by atoms with Gasteiger partial charge in [-0.05, 0) is 79.6 Å². The van der Waals surface area contributed by atoms with Crippen molar-refractivity contribution < 1.29 is 9.90 Å². The lowest BCUT2D eigenvalue weighted by Crippen LogP contribution is -2.47. The van der Waals surface area contributed by atoms with E-state index in [-0.39, 0.29) is 18.1 Å². The van der Waals surface area contributed by atoms with Gasteiger partial charge in [0.05, 0.1) is 11.5 Å². The Morgan fingerprint density at radius 2 is 1.84 bits per heavy atom. The van der Waals surface area contributed by atoms with Crippen LogP contribution < -0.4 is 21.1 Å². The van der Waals surface area contributed by atoms with Crippen LogP contribution in [0.5, 0.6) is 0 Å². The first-order chi connectivity index (χ1) is 20.9. The first-order valence-corrected chi connectivity index (χ1v) is 15.6. The summed E-state index contributed by atoms with van der Waals surface area (Å²) in [4.78, 5) is 32.7. The van der Waals surface area contributed by atoms with E-state index in [9.17, 15) is 9.59 Å². The highest BCUT2D eigenvalue weighted by molar-refractivity contribution is 7.14. The number of rotatable bonds is 8. The van der Waals surface area contributed by atoms with Gasteiger partial charge in [0.2, 0.25) is 0 Å². The van der Waals surface area contributed by atoms with Crippen LogP contribution >= 0.6 is 11.3 Å². The molecule has 1 fully saturated rings. The average Bonchev–Trinajstić information content (AvgIpc) is 3.46. The van der Waals surface area contributed by atoms with Gasteiger partial charge in [-0.1, -0.05) is 12.1 Å². The molecule has 0 spiro atoms. The van der Waals surface area contributed by atoms with Crippen molar-refractivity contribution in [2.75, 3.05) is 54.9 Å². The second-order valence-corrected chi connectivity index (χ2v) is 12.3. The van der Waals surface area contributed by atoms with E-state index >= 15 is 0 Å². The molecule has 1 aliphatic carbocycles. The van der Waals surface area contributed by atoms with Crippen molar-refractivity contribution in [3.05, 3.63) is 79.9 Å². The molecule has 43 heavy (non-hydrogen) atoms. The van der Waals surface area contributed by atoms with Gasteiger partial charge < -0.3 is 25.2 Å². The van der Waals surface area contributed by atoms with Gasteiger partial charge in [0.1, 0.15) is 5.69 Å². The minimum absolute atomic E-state index is 0.0865. The van der Waals surface area contributed by atoms with E-state index in [1.165, 1.54) is 23.3 Å². The lowest BCUT2D eigenvalue weighted by molar-refractivity contribution is 0.103. The van der Waals surface area contributed by atoms with Crippen molar-refractivity contribution in [2.45, 2.75) is 32.6 Å². The van der Waals surface area contributed by atoms with Gasteiger partial charge in [-0.25, -0.2) is 0 Å². The monoisotopic (exact) mass is 599 g/mol. The van der Waals surface area contributed by atoms with E-state index in [1.54, 1.807) is 29.1 Å². The van der Waals surface area contributed by atoms with Gasteiger partial charge in [-0.15, -0.1) is 21.5 Å². The third-order valence-electron chi connectivity index (χ3n) is 8.32. The summed E-state index contributed by atoms with van der Waals surface area (Å²) in [5.74, 6) is 1.18. The molecule has 3 N–H and O–H groups in total. The Labute approximate surface area is 255 Å². The van der Waals surface area contributed by atoms with Crippen LogP contribution in [0.15, 0.2) is 53.5 Å². The van der Waals surface area contributed by atoms with Crippen molar-refractivity contribution in [1.82, 2.24) is 19.7 Å². The summed E-state index contributed by atoms with van der Waals surface area (Å²) in [6.45, 7) is 6.20. The van der Waals surface area contributed by atoms with Crippen LogP contribution in [0.25, 0.3) is 11.1 Å². The standard InChI is InChI=1S/C32H37N7O3S/c1-21-24(7-5-8-25(21)34-31(41)28-19-22-6-3-4-9-27(22)43-28)23-18-26(32(42)37(2)20-23)33-29-10-11-30(36-35-29)39-14-12-38(13-15-39)16-17-40/h5,7-8,10-11,18-20,40H,3-4,6,9,12-17H2,1-2H3,(H,33,35)(H,34,41). The highest BCUT2D eigenvalue weighted by Gasteiger charge is 2.20. The summed E-state index contributed by atoms with van der Waals surface area (Å²) in [5.41, 5.74) is 4.95. The van der Waals surface area contributed by atoms with Gasteiger partial charge in [0.15, 0.2) is 11.6 Å². The number of amides is 1. The molecule has 2 aliphatic rings. The normalized spacial score (nSPS) is 15.3. The van der Waals surface area contributed by atoms with Crippen LogP contribution in [0.2, 0.25) is 0 Å². The van der Waals surface area contributed by atoms with Crippen molar-refractivity contribution in [3.8, 4) is 11.1 Å². The Morgan fingerprint density at radius 3 is 2.58 bits per heavy atom. The van der Waals surface area contributed by atoms with Crippen molar-refractivity contribution in [2.24, 2.45) is 7.05 Å². The fourth-order valence-electron chi connectivity index (χ4n) is 5.86. The van der Waals surface area contributed by atoms with Crippen LogP contribution in [-0.2, 0) is 19.9 Å². The smallest absolute Gasteiger partial charge is 0.274 e. The molecule has 1 aromatic carbocycles. The molecule has 10 nitrogen and oxygen atoms in total. The largest absolute Gasteiger partial charge is 0.395 e. The van der Waals surface area contributed by atoms with E-state index in [1.807, 2.05) is 49.4 Å². The second-order valence-electron chi connectivity index (χ2n) is 11.2. The fraction of sp³-hybridized carbons (Fsp3) is 0.375. The third-order valence-corrected chi connectivity index (χ3v) is 9.56. The molecule has 1 aliphatic heterocycles. The van der Waals surface area contributed by atoms with E-state index in [0.717, 1.165) is 72.1 Å². The molecule has 4 aromatic rings. The summed E-state index contributed by atoms with van der Waals surface area (Å²) < 4.78 is 1.55. The average molecular weight is 600 g/mol. The zero-order chi connectivity index (χ0) is 29.9. The minimum Gasteiger partial charge on any atom is -0.395 e. The third kappa shape index (κ3) is 6.34. The number of piperazine rings is 1. The van der Waals surface area contributed by atoms with Crippen LogP contribution in [0.1, 0.15) is 38.5 Å².